The molecule has 1 saturated heterocycles. The normalized spacial score (nSPS) is 24.5. The molecule has 9 heteroatoms. The van der Waals surface area contributed by atoms with Crippen LogP contribution in [0.5, 0.6) is 0 Å². The van der Waals surface area contributed by atoms with Crippen LogP contribution in [0.2, 0.25) is 5.02 Å². The zero-order chi connectivity index (χ0) is 30.6. The van der Waals surface area contributed by atoms with Crippen molar-refractivity contribution in [1.29, 1.82) is 0 Å². The third-order valence-electron chi connectivity index (χ3n) is 9.94. The monoisotopic (exact) mass is 625 g/mol. The Morgan fingerprint density at radius 3 is 2.41 bits per heavy atom. The molecule has 1 N–H and O–H groups in total. The summed E-state index contributed by atoms with van der Waals surface area (Å²) in [6, 6.07) is 10.4. The van der Waals surface area contributed by atoms with Crippen LogP contribution in [0.25, 0.3) is 0 Å². The maximum Gasteiger partial charge on any atom is 0.233 e. The van der Waals surface area contributed by atoms with E-state index < -0.39 is 5.82 Å². The van der Waals surface area contributed by atoms with Gasteiger partial charge in [0.05, 0.1) is 54.0 Å². The number of carbonyl (C=O) groups excluding carboxylic acids is 2. The van der Waals surface area contributed by atoms with Gasteiger partial charge in [-0.1, -0.05) is 68.3 Å². The molecule has 0 bridgehead atoms. The summed E-state index contributed by atoms with van der Waals surface area (Å²) >= 11 is 6.56. The fraction of sp³-hybridized carbons (Fsp3) is 0.600. The standard InChI is InChI=1S/C35H45ClFN3O4/c1-39-21-29(28-14-8-9-15-33(28)39)35(42)38-32-19-31(37)23(16-30(32)36)17-34(41)40-20-27(44-26-12-6-3-7-13-26)18-24(40)22-43-25-10-4-2-5-11-25/h8-9,14-16,19,24-27,29H,2-7,10-13,17-18,20-22H2,1H3,(H,38,42)/t24-,27-,29?/m0/s1. The largest absolute Gasteiger partial charge is 0.376 e. The molecule has 238 valence electrons. The van der Waals surface area contributed by atoms with Crippen LogP contribution in [0, 0.1) is 5.82 Å². The van der Waals surface area contributed by atoms with Gasteiger partial charge in [0.25, 0.3) is 0 Å². The van der Waals surface area contributed by atoms with E-state index in [1.807, 2.05) is 41.1 Å². The summed E-state index contributed by atoms with van der Waals surface area (Å²) in [5, 5.41) is 3.03. The van der Waals surface area contributed by atoms with Crippen LogP contribution in [0.3, 0.4) is 0 Å². The van der Waals surface area contributed by atoms with E-state index in [-0.39, 0.29) is 64.8 Å². The van der Waals surface area contributed by atoms with Crippen LogP contribution in [0.4, 0.5) is 15.8 Å². The maximum atomic E-state index is 15.4. The van der Waals surface area contributed by atoms with E-state index in [0.29, 0.717) is 19.7 Å². The molecule has 2 aliphatic heterocycles. The molecule has 3 atom stereocenters. The Balaban J connectivity index is 1.11. The highest BCUT2D eigenvalue weighted by molar-refractivity contribution is 6.33. The van der Waals surface area contributed by atoms with Crippen molar-refractivity contribution in [2.24, 2.45) is 0 Å². The zero-order valence-corrected chi connectivity index (χ0v) is 26.5. The fourth-order valence-corrected chi connectivity index (χ4v) is 7.75. The average Bonchev–Trinajstić information content (AvgIpc) is 3.60. The van der Waals surface area contributed by atoms with E-state index >= 15 is 4.39 Å². The summed E-state index contributed by atoms with van der Waals surface area (Å²) in [5.74, 6) is -1.35. The first-order valence-corrected chi connectivity index (χ1v) is 16.9. The van der Waals surface area contributed by atoms with E-state index in [2.05, 4.69) is 5.32 Å². The molecule has 3 fully saturated rings. The number of halogens is 2. The smallest absolute Gasteiger partial charge is 0.233 e. The van der Waals surface area contributed by atoms with Gasteiger partial charge in [-0.3, -0.25) is 9.59 Å². The lowest BCUT2D eigenvalue weighted by Crippen LogP contribution is -2.40. The first-order valence-electron chi connectivity index (χ1n) is 16.5. The Kier molecular flexibility index (Phi) is 10.1. The van der Waals surface area contributed by atoms with Crippen LogP contribution in [0.15, 0.2) is 36.4 Å². The second-order valence-corrected chi connectivity index (χ2v) is 13.5. The lowest BCUT2D eigenvalue weighted by Gasteiger charge is -2.28. The highest BCUT2D eigenvalue weighted by Gasteiger charge is 2.38. The number of fused-ring (bicyclic) bond motifs is 1. The van der Waals surface area contributed by atoms with Gasteiger partial charge in [-0.2, -0.15) is 0 Å². The molecule has 2 heterocycles. The van der Waals surface area contributed by atoms with E-state index in [1.54, 1.807) is 0 Å². The summed E-state index contributed by atoms with van der Waals surface area (Å²) in [6.07, 6.45) is 12.6. The molecule has 2 aromatic carbocycles. The molecular weight excluding hydrogens is 581 g/mol. The van der Waals surface area contributed by atoms with Gasteiger partial charge in [-0.25, -0.2) is 4.39 Å². The van der Waals surface area contributed by atoms with Gasteiger partial charge in [-0.15, -0.1) is 0 Å². The first-order chi connectivity index (χ1) is 21.4. The third-order valence-corrected chi connectivity index (χ3v) is 10.3. The highest BCUT2D eigenvalue weighted by Crippen LogP contribution is 2.37. The van der Waals surface area contributed by atoms with Gasteiger partial charge in [0.15, 0.2) is 0 Å². The van der Waals surface area contributed by atoms with Gasteiger partial charge in [0.2, 0.25) is 11.8 Å². The molecule has 2 amide bonds. The number of rotatable bonds is 9. The van der Waals surface area contributed by atoms with Gasteiger partial charge in [0, 0.05) is 25.8 Å². The molecule has 7 nitrogen and oxygen atoms in total. The minimum absolute atomic E-state index is 0.0345. The first kappa shape index (κ1) is 31.3. The van der Waals surface area contributed by atoms with E-state index in [0.717, 1.165) is 43.4 Å². The number of likely N-dealkylation sites (tertiary alicyclic amines) is 1. The van der Waals surface area contributed by atoms with Crippen LogP contribution < -0.4 is 10.2 Å². The van der Waals surface area contributed by atoms with Crippen LogP contribution in [-0.2, 0) is 25.5 Å². The zero-order valence-electron chi connectivity index (χ0n) is 25.7. The number of hydrogen-bond donors (Lipinski definition) is 1. The number of hydrogen-bond acceptors (Lipinski definition) is 5. The SMILES string of the molecule is CN1CC(C(=O)Nc2cc(F)c(CC(=O)N3C[C@@H](OC4CCCCC4)C[C@H]3COC3CCCCC3)cc2Cl)c2ccccc21. The van der Waals surface area contributed by atoms with E-state index in [9.17, 15) is 9.59 Å². The Morgan fingerprint density at radius 1 is 0.955 bits per heavy atom. The molecule has 2 aliphatic carbocycles. The predicted molar refractivity (Wildman–Crippen MR) is 171 cm³/mol. The minimum atomic E-state index is -0.564. The number of likely N-dealkylation sites (N-methyl/N-ethyl adjacent to an activating group) is 1. The number of carbonyl (C=O) groups is 2. The predicted octanol–water partition coefficient (Wildman–Crippen LogP) is 6.86. The Bertz CT molecular complexity index is 1330. The molecule has 0 aromatic heterocycles. The number of nitrogens with zero attached hydrogens (tertiary/aromatic N) is 2. The van der Waals surface area contributed by atoms with Crippen molar-refractivity contribution in [3.05, 3.63) is 58.4 Å². The maximum absolute atomic E-state index is 15.4. The Hall–Kier alpha value is -2.68. The molecule has 6 rings (SSSR count). The Morgan fingerprint density at radius 2 is 1.66 bits per heavy atom. The Labute approximate surface area is 265 Å². The van der Waals surface area contributed by atoms with Crippen molar-refractivity contribution in [3.8, 4) is 0 Å². The summed E-state index contributed by atoms with van der Waals surface area (Å²) in [7, 11) is 1.95. The van der Waals surface area contributed by atoms with Gasteiger partial charge in [-0.05, 0) is 61.4 Å². The highest BCUT2D eigenvalue weighted by atomic mass is 35.5. The fourth-order valence-electron chi connectivity index (χ4n) is 7.52. The molecule has 0 radical (unpaired) electrons. The van der Waals surface area contributed by atoms with Gasteiger partial charge >= 0.3 is 0 Å². The lowest BCUT2D eigenvalue weighted by molar-refractivity contribution is -0.133. The summed E-state index contributed by atoms with van der Waals surface area (Å²) < 4.78 is 28.2. The molecule has 1 unspecified atom stereocenters. The van der Waals surface area contributed by atoms with Crippen molar-refractivity contribution < 1.29 is 23.5 Å². The van der Waals surface area contributed by atoms with Crippen molar-refractivity contribution in [3.63, 3.8) is 0 Å². The number of anilines is 2. The average molecular weight is 626 g/mol. The topological polar surface area (TPSA) is 71.1 Å². The van der Waals surface area contributed by atoms with Crippen LogP contribution in [-0.4, -0.2) is 67.8 Å². The molecule has 2 saturated carbocycles. The van der Waals surface area contributed by atoms with Crippen molar-refractivity contribution >= 4 is 34.8 Å². The second-order valence-electron chi connectivity index (χ2n) is 13.1. The summed E-state index contributed by atoms with van der Waals surface area (Å²) in [5.41, 5.74) is 2.37. The van der Waals surface area contributed by atoms with Crippen molar-refractivity contribution in [2.75, 3.05) is 37.0 Å². The second kappa shape index (κ2) is 14.2. The molecule has 0 spiro atoms. The number of benzene rings is 2. The van der Waals surface area contributed by atoms with Gasteiger partial charge < -0.3 is 24.6 Å². The molecule has 2 aromatic rings. The van der Waals surface area contributed by atoms with Crippen molar-refractivity contribution in [2.45, 2.75) is 107 Å². The van der Waals surface area contributed by atoms with Crippen molar-refractivity contribution in [1.82, 2.24) is 4.90 Å². The quantitative estimate of drug-likeness (QED) is 0.330. The van der Waals surface area contributed by atoms with E-state index in [1.165, 1.54) is 50.7 Å². The number of nitrogens with one attached hydrogen (secondary N) is 1. The minimum Gasteiger partial charge on any atom is -0.376 e. The van der Waals surface area contributed by atoms with Crippen LogP contribution >= 0.6 is 11.6 Å². The summed E-state index contributed by atoms with van der Waals surface area (Å²) in [6.45, 7) is 1.51. The third kappa shape index (κ3) is 7.24. The molecular formula is C35H45ClFN3O4. The number of ether oxygens (including phenoxy) is 2. The lowest BCUT2D eigenvalue weighted by atomic mass is 9.97. The number of amides is 2. The van der Waals surface area contributed by atoms with E-state index in [4.69, 9.17) is 21.1 Å². The van der Waals surface area contributed by atoms with Crippen LogP contribution in [0.1, 0.15) is 87.7 Å². The number of para-hydroxylation sites is 1. The van der Waals surface area contributed by atoms with Gasteiger partial charge in [0.1, 0.15) is 5.82 Å². The molecule has 4 aliphatic rings. The summed E-state index contributed by atoms with van der Waals surface area (Å²) in [4.78, 5) is 30.8. The molecule has 44 heavy (non-hydrogen) atoms.